The number of nitrogens with one attached hydrogen (secondary N) is 1. The average molecular weight is 458 g/mol. The van der Waals surface area contributed by atoms with Crippen molar-refractivity contribution in [3.8, 4) is 0 Å². The van der Waals surface area contributed by atoms with E-state index in [1.54, 1.807) is 0 Å². The molecule has 1 aliphatic heterocycles. The number of hydrogen-bond donors (Lipinski definition) is 1. The lowest BCUT2D eigenvalue weighted by Crippen LogP contribution is -2.39. The largest absolute Gasteiger partial charge is 0.418 e. The average Bonchev–Trinajstić information content (AvgIpc) is 2.91. The van der Waals surface area contributed by atoms with Crippen molar-refractivity contribution in [2.45, 2.75) is 38.3 Å². The van der Waals surface area contributed by atoms with Gasteiger partial charge in [0.2, 0.25) is 5.91 Å². The number of alkyl halides is 3. The molecule has 2 aliphatic rings. The summed E-state index contributed by atoms with van der Waals surface area (Å²) >= 11 is 5.79. The van der Waals surface area contributed by atoms with E-state index >= 15 is 0 Å². The molecule has 1 fully saturated rings. The lowest BCUT2D eigenvalue weighted by Gasteiger charge is -2.18. The summed E-state index contributed by atoms with van der Waals surface area (Å²) in [4.78, 5) is 50.3. The molecule has 0 unspecified atom stereocenters. The van der Waals surface area contributed by atoms with Gasteiger partial charge in [-0.2, -0.15) is 13.2 Å². The molecule has 0 saturated carbocycles. The van der Waals surface area contributed by atoms with Crippen LogP contribution in [0.5, 0.6) is 0 Å². The predicted molar refractivity (Wildman–Crippen MR) is 105 cm³/mol. The quantitative estimate of drug-likeness (QED) is 0.397. The molecule has 1 N–H and O–H groups in total. The number of halogens is 4. The Morgan fingerprint density at radius 2 is 1.81 bits per heavy atom. The molecule has 3 rings (SSSR count). The summed E-state index contributed by atoms with van der Waals surface area (Å²) in [6, 6.07) is 1.99. The molecule has 1 saturated heterocycles. The van der Waals surface area contributed by atoms with Gasteiger partial charge in [-0.15, -0.1) is 0 Å². The number of para-hydroxylation sites is 1. The number of rotatable bonds is 6. The summed E-state index contributed by atoms with van der Waals surface area (Å²) in [6.07, 6.45) is 1.56. The molecule has 0 spiro atoms. The van der Waals surface area contributed by atoms with E-state index in [2.05, 4.69) is 0 Å². The Morgan fingerprint density at radius 1 is 1.10 bits per heavy atom. The minimum atomic E-state index is -4.78. The van der Waals surface area contributed by atoms with Crippen molar-refractivity contribution in [2.24, 2.45) is 0 Å². The van der Waals surface area contributed by atoms with Crippen LogP contribution in [0, 0.1) is 0 Å². The number of urea groups is 1. The van der Waals surface area contributed by atoms with E-state index < -0.39 is 47.7 Å². The van der Waals surface area contributed by atoms with Crippen LogP contribution in [-0.4, -0.2) is 46.6 Å². The molecular formula is C20H19ClF3N3O4. The first-order chi connectivity index (χ1) is 14.6. The Morgan fingerprint density at radius 3 is 2.45 bits per heavy atom. The number of allylic oxidation sites excluding steroid dienone is 1. The van der Waals surface area contributed by atoms with E-state index in [1.807, 2.05) is 11.4 Å². The summed E-state index contributed by atoms with van der Waals surface area (Å²) in [5.74, 6) is -3.36. The zero-order valence-electron chi connectivity index (χ0n) is 16.3. The van der Waals surface area contributed by atoms with Gasteiger partial charge in [0.25, 0.3) is 0 Å². The molecule has 11 heteroatoms. The standard InChI is InChI=1S/C20H19ClF3N3O4/c21-14-8-4-7-13(20(22,23)24)16(14)25-15(28)11-27-18(30)17(29)26(19(27)31)10-9-12-5-2-1-3-6-12/h4-5,7-8H,1-3,6,9-11H2,(H,25,28). The van der Waals surface area contributed by atoms with Gasteiger partial charge < -0.3 is 5.32 Å². The molecule has 1 aromatic rings. The predicted octanol–water partition coefficient (Wildman–Crippen LogP) is 3.98. The minimum absolute atomic E-state index is 0.00387. The Balaban J connectivity index is 1.68. The maximum Gasteiger partial charge on any atom is 0.418 e. The van der Waals surface area contributed by atoms with E-state index in [4.69, 9.17) is 11.6 Å². The van der Waals surface area contributed by atoms with Crippen molar-refractivity contribution in [2.75, 3.05) is 18.4 Å². The van der Waals surface area contributed by atoms with Crippen LogP contribution in [0.25, 0.3) is 0 Å². The van der Waals surface area contributed by atoms with Crippen molar-refractivity contribution in [3.05, 3.63) is 40.4 Å². The fraction of sp³-hybridized carbons (Fsp3) is 0.400. The number of imide groups is 2. The lowest BCUT2D eigenvalue weighted by molar-refractivity contribution is -0.143. The van der Waals surface area contributed by atoms with Crippen LogP contribution in [0.2, 0.25) is 5.02 Å². The van der Waals surface area contributed by atoms with Gasteiger partial charge in [-0.1, -0.05) is 29.3 Å². The van der Waals surface area contributed by atoms with Crippen molar-refractivity contribution >= 4 is 41.0 Å². The second-order valence-corrected chi connectivity index (χ2v) is 7.60. The molecule has 1 heterocycles. The van der Waals surface area contributed by atoms with E-state index in [1.165, 1.54) is 0 Å². The molecule has 0 radical (unpaired) electrons. The van der Waals surface area contributed by atoms with Crippen LogP contribution in [0.3, 0.4) is 0 Å². The fourth-order valence-corrected chi connectivity index (χ4v) is 3.71. The third-order valence-corrected chi connectivity index (χ3v) is 5.38. The highest BCUT2D eigenvalue weighted by Gasteiger charge is 2.45. The van der Waals surface area contributed by atoms with Gasteiger partial charge in [-0.05, 0) is 44.2 Å². The third kappa shape index (κ3) is 5.07. The molecule has 31 heavy (non-hydrogen) atoms. The Bertz CT molecular complexity index is 961. The van der Waals surface area contributed by atoms with Gasteiger partial charge in [-0.25, -0.2) is 9.69 Å². The molecule has 1 aliphatic carbocycles. The summed E-state index contributed by atoms with van der Waals surface area (Å²) in [6.45, 7) is -0.915. The van der Waals surface area contributed by atoms with Crippen molar-refractivity contribution < 1.29 is 32.3 Å². The molecule has 0 atom stereocenters. The number of nitrogens with zero attached hydrogens (tertiary/aromatic N) is 2. The summed E-state index contributed by atoms with van der Waals surface area (Å²) in [5, 5.41) is 1.63. The smallest absolute Gasteiger partial charge is 0.323 e. The highest BCUT2D eigenvalue weighted by molar-refractivity contribution is 6.45. The normalized spacial score (nSPS) is 17.3. The van der Waals surface area contributed by atoms with Crippen molar-refractivity contribution in [3.63, 3.8) is 0 Å². The van der Waals surface area contributed by atoms with E-state index in [0.717, 1.165) is 54.4 Å². The molecular weight excluding hydrogens is 439 g/mol. The highest BCUT2D eigenvalue weighted by atomic mass is 35.5. The van der Waals surface area contributed by atoms with Crippen molar-refractivity contribution in [1.29, 1.82) is 0 Å². The number of benzene rings is 1. The van der Waals surface area contributed by atoms with Crippen LogP contribution >= 0.6 is 11.6 Å². The second kappa shape index (κ2) is 9.09. The molecule has 5 amide bonds. The Hall–Kier alpha value is -2.88. The number of hydrogen-bond acceptors (Lipinski definition) is 4. The minimum Gasteiger partial charge on any atom is -0.323 e. The number of carbonyl (C=O) groups is 4. The first kappa shape index (κ1) is 22.8. The molecule has 166 valence electrons. The van der Waals surface area contributed by atoms with Gasteiger partial charge in [0.15, 0.2) is 0 Å². The van der Waals surface area contributed by atoms with E-state index in [0.29, 0.717) is 11.3 Å². The number of amides is 5. The van der Waals surface area contributed by atoms with Crippen LogP contribution in [0.4, 0.5) is 23.7 Å². The maximum absolute atomic E-state index is 13.2. The van der Waals surface area contributed by atoms with Gasteiger partial charge in [0.05, 0.1) is 16.3 Å². The highest BCUT2D eigenvalue weighted by Crippen LogP contribution is 2.38. The Labute approximate surface area is 180 Å². The summed E-state index contributed by atoms with van der Waals surface area (Å²) < 4.78 is 39.5. The van der Waals surface area contributed by atoms with E-state index in [9.17, 15) is 32.3 Å². The van der Waals surface area contributed by atoms with Gasteiger partial charge in [-0.3, -0.25) is 19.3 Å². The first-order valence-corrected chi connectivity index (χ1v) is 9.98. The van der Waals surface area contributed by atoms with Crippen LogP contribution < -0.4 is 5.32 Å². The fourth-order valence-electron chi connectivity index (χ4n) is 3.48. The summed E-state index contributed by atoms with van der Waals surface area (Å²) in [5.41, 5.74) is -0.770. The number of carbonyl (C=O) groups excluding carboxylic acids is 4. The Kier molecular flexibility index (Phi) is 6.68. The van der Waals surface area contributed by atoms with Gasteiger partial charge >= 0.3 is 24.0 Å². The second-order valence-electron chi connectivity index (χ2n) is 7.20. The van der Waals surface area contributed by atoms with Gasteiger partial charge in [0, 0.05) is 6.54 Å². The van der Waals surface area contributed by atoms with Crippen LogP contribution in [-0.2, 0) is 20.6 Å². The SMILES string of the molecule is O=C(CN1C(=O)C(=O)N(CCC2=CCCCC2)C1=O)Nc1c(Cl)cccc1C(F)(F)F. The summed E-state index contributed by atoms with van der Waals surface area (Å²) in [7, 11) is 0. The molecule has 0 aromatic heterocycles. The van der Waals surface area contributed by atoms with Crippen molar-refractivity contribution in [1.82, 2.24) is 9.80 Å². The van der Waals surface area contributed by atoms with Crippen LogP contribution in [0.15, 0.2) is 29.8 Å². The van der Waals surface area contributed by atoms with E-state index in [-0.39, 0.29) is 11.6 Å². The first-order valence-electron chi connectivity index (χ1n) is 9.60. The maximum atomic E-state index is 13.2. The molecule has 1 aromatic carbocycles. The third-order valence-electron chi connectivity index (χ3n) is 5.06. The topological polar surface area (TPSA) is 86.8 Å². The van der Waals surface area contributed by atoms with Gasteiger partial charge in [0.1, 0.15) is 6.54 Å². The molecule has 7 nitrogen and oxygen atoms in total. The molecule has 0 bridgehead atoms. The monoisotopic (exact) mass is 457 g/mol. The zero-order valence-corrected chi connectivity index (χ0v) is 17.1. The zero-order chi connectivity index (χ0) is 22.8. The lowest BCUT2D eigenvalue weighted by atomic mass is 9.97. The van der Waals surface area contributed by atoms with Crippen LogP contribution in [0.1, 0.15) is 37.7 Å². The number of anilines is 1.